The Bertz CT molecular complexity index is 1010. The number of thiophene rings is 1. The third-order valence-electron chi connectivity index (χ3n) is 4.69. The molecular weight excluding hydrogens is 459 g/mol. The van der Waals surface area contributed by atoms with E-state index < -0.39 is 11.9 Å². The number of rotatable bonds is 9. The number of carbonyl (C=O) groups is 1. The molecule has 0 saturated carbocycles. The second kappa shape index (κ2) is 10.8. The van der Waals surface area contributed by atoms with Crippen molar-refractivity contribution >= 4 is 29.0 Å². The normalized spacial score (nSPS) is 12.4. The number of nitrogens with zero attached hydrogens (tertiary/aromatic N) is 3. The van der Waals surface area contributed by atoms with Gasteiger partial charge < -0.3 is 9.64 Å². The van der Waals surface area contributed by atoms with E-state index in [1.165, 1.54) is 0 Å². The topological polar surface area (TPSA) is 55.3 Å². The number of amides is 1. The Labute approximate surface area is 192 Å². The number of benzene rings is 1. The molecule has 0 spiro atoms. The van der Waals surface area contributed by atoms with Gasteiger partial charge in [0.05, 0.1) is 12.9 Å². The summed E-state index contributed by atoms with van der Waals surface area (Å²) in [5.74, 6) is 0.457. The number of aromatic nitrogens is 2. The van der Waals surface area contributed by atoms with Crippen LogP contribution >= 0.6 is 23.1 Å². The number of methoxy groups -OCH3 is 1. The van der Waals surface area contributed by atoms with Crippen LogP contribution in [0.5, 0.6) is 5.75 Å². The Morgan fingerprint density at radius 1 is 1.22 bits per heavy atom. The molecule has 0 bridgehead atoms. The zero-order chi connectivity index (χ0) is 23.1. The maximum atomic E-state index is 13.1. The minimum atomic E-state index is -4.56. The molecule has 3 rings (SSSR count). The van der Waals surface area contributed by atoms with Gasteiger partial charge in [0.1, 0.15) is 11.4 Å². The van der Waals surface area contributed by atoms with E-state index in [0.29, 0.717) is 13.0 Å². The van der Waals surface area contributed by atoms with Gasteiger partial charge in [-0.3, -0.25) is 4.79 Å². The van der Waals surface area contributed by atoms with E-state index in [1.54, 1.807) is 23.3 Å². The van der Waals surface area contributed by atoms with Crippen LogP contribution in [0.3, 0.4) is 0 Å². The van der Waals surface area contributed by atoms with E-state index in [-0.39, 0.29) is 22.9 Å². The third kappa shape index (κ3) is 6.70. The van der Waals surface area contributed by atoms with Gasteiger partial charge in [0.2, 0.25) is 5.91 Å². The first-order chi connectivity index (χ1) is 15.3. The van der Waals surface area contributed by atoms with Gasteiger partial charge in [0, 0.05) is 30.1 Å². The lowest BCUT2D eigenvalue weighted by Crippen LogP contribution is -2.40. The van der Waals surface area contributed by atoms with Gasteiger partial charge in [-0.15, -0.1) is 11.3 Å². The summed E-state index contributed by atoms with van der Waals surface area (Å²) in [4.78, 5) is 23.4. The predicted molar refractivity (Wildman–Crippen MR) is 119 cm³/mol. The van der Waals surface area contributed by atoms with Gasteiger partial charge in [-0.05, 0) is 42.1 Å². The van der Waals surface area contributed by atoms with Crippen LogP contribution in [0.4, 0.5) is 13.2 Å². The second-order valence-electron chi connectivity index (χ2n) is 7.01. The molecule has 0 saturated heterocycles. The lowest BCUT2D eigenvalue weighted by atomic mass is 10.1. The summed E-state index contributed by atoms with van der Waals surface area (Å²) in [7, 11) is 1.58. The zero-order valence-electron chi connectivity index (χ0n) is 17.5. The largest absolute Gasteiger partial charge is 0.497 e. The molecular formula is C22H22F3N3O2S2. The quantitative estimate of drug-likeness (QED) is 0.306. The Morgan fingerprint density at radius 2 is 1.97 bits per heavy atom. The highest BCUT2D eigenvalue weighted by Crippen LogP contribution is 2.28. The zero-order valence-corrected chi connectivity index (χ0v) is 19.1. The molecule has 0 aliphatic heterocycles. The third-order valence-corrected chi connectivity index (χ3v) is 6.43. The van der Waals surface area contributed by atoms with Gasteiger partial charge in [-0.25, -0.2) is 9.97 Å². The number of ether oxygens (including phenoxy) is 1. The van der Waals surface area contributed by atoms with Crippen molar-refractivity contribution in [1.82, 2.24) is 14.9 Å². The van der Waals surface area contributed by atoms with Crippen molar-refractivity contribution in [2.75, 3.05) is 12.9 Å². The maximum Gasteiger partial charge on any atom is 0.433 e. The summed E-state index contributed by atoms with van der Waals surface area (Å²) in [6.07, 6.45) is -2.82. The van der Waals surface area contributed by atoms with Gasteiger partial charge in [-0.2, -0.15) is 13.2 Å². The molecule has 32 heavy (non-hydrogen) atoms. The van der Waals surface area contributed by atoms with Crippen LogP contribution in [0.25, 0.3) is 0 Å². The van der Waals surface area contributed by atoms with Crippen molar-refractivity contribution in [3.05, 3.63) is 70.2 Å². The molecule has 0 N–H and O–H groups in total. The predicted octanol–water partition coefficient (Wildman–Crippen LogP) is 5.32. The molecule has 5 nitrogen and oxygen atoms in total. The van der Waals surface area contributed by atoms with Crippen molar-refractivity contribution in [3.8, 4) is 5.75 Å². The minimum absolute atomic E-state index is 0.0632. The highest BCUT2D eigenvalue weighted by Gasteiger charge is 2.33. The number of hydrogen-bond donors (Lipinski definition) is 0. The summed E-state index contributed by atoms with van der Waals surface area (Å²) in [5.41, 5.74) is -0.0962. The van der Waals surface area contributed by atoms with Crippen molar-refractivity contribution in [3.63, 3.8) is 0 Å². The Balaban J connectivity index is 1.73. The summed E-state index contributed by atoms with van der Waals surface area (Å²) < 4.78 is 43.9. The number of carbonyl (C=O) groups excluding carboxylic acids is 1. The van der Waals surface area contributed by atoms with Gasteiger partial charge in [-0.1, -0.05) is 30.0 Å². The average molecular weight is 482 g/mol. The fourth-order valence-corrected chi connectivity index (χ4v) is 4.57. The van der Waals surface area contributed by atoms with Crippen LogP contribution in [0.15, 0.2) is 59.2 Å². The minimum Gasteiger partial charge on any atom is -0.497 e. The first kappa shape index (κ1) is 24.1. The Hall–Kier alpha value is -2.59. The monoisotopic (exact) mass is 481 g/mol. The molecule has 0 unspecified atom stereocenters. The van der Waals surface area contributed by atoms with Crippen LogP contribution < -0.4 is 4.74 Å². The fraction of sp³-hybridized carbons (Fsp3) is 0.318. The fourth-order valence-electron chi connectivity index (χ4n) is 3.02. The van der Waals surface area contributed by atoms with E-state index in [2.05, 4.69) is 9.97 Å². The summed E-state index contributed by atoms with van der Waals surface area (Å²) in [6, 6.07) is 12.1. The van der Waals surface area contributed by atoms with Crippen molar-refractivity contribution in [2.45, 2.75) is 37.3 Å². The van der Waals surface area contributed by atoms with E-state index in [9.17, 15) is 18.0 Å². The van der Waals surface area contributed by atoms with Gasteiger partial charge in [0.15, 0.2) is 5.16 Å². The second-order valence-corrected chi connectivity index (χ2v) is 8.99. The maximum absolute atomic E-state index is 13.1. The Morgan fingerprint density at radius 3 is 2.59 bits per heavy atom. The SMILES string of the molecule is COc1ccc(CN(C(=O)CSc2nccc(C(F)(F)F)n2)[C@@H](C)Cc2cccs2)cc1. The molecule has 0 aliphatic carbocycles. The molecule has 0 radical (unpaired) electrons. The summed E-state index contributed by atoms with van der Waals surface area (Å²) >= 11 is 2.52. The molecule has 2 aromatic heterocycles. The molecule has 2 heterocycles. The molecule has 170 valence electrons. The van der Waals surface area contributed by atoms with Crippen LogP contribution in [0, 0.1) is 0 Å². The number of alkyl halides is 3. The highest BCUT2D eigenvalue weighted by atomic mass is 32.2. The van der Waals surface area contributed by atoms with Crippen LogP contribution in [-0.4, -0.2) is 39.7 Å². The van der Waals surface area contributed by atoms with Crippen molar-refractivity contribution < 1.29 is 22.7 Å². The average Bonchev–Trinajstić information content (AvgIpc) is 3.28. The summed E-state index contributed by atoms with van der Waals surface area (Å²) in [5, 5.41) is 1.90. The molecule has 0 aliphatic rings. The van der Waals surface area contributed by atoms with Crippen molar-refractivity contribution in [1.29, 1.82) is 0 Å². The lowest BCUT2D eigenvalue weighted by Gasteiger charge is -2.29. The molecule has 1 atom stereocenters. The van der Waals surface area contributed by atoms with E-state index >= 15 is 0 Å². The van der Waals surface area contributed by atoms with Crippen molar-refractivity contribution in [2.24, 2.45) is 0 Å². The van der Waals surface area contributed by atoms with E-state index in [0.717, 1.165) is 40.2 Å². The van der Waals surface area contributed by atoms with Gasteiger partial charge >= 0.3 is 6.18 Å². The summed E-state index contributed by atoms with van der Waals surface area (Å²) in [6.45, 7) is 2.34. The van der Waals surface area contributed by atoms with E-state index in [1.807, 2.05) is 48.7 Å². The van der Waals surface area contributed by atoms with Crippen LogP contribution in [0.1, 0.15) is 23.1 Å². The molecule has 1 amide bonds. The number of thioether (sulfide) groups is 1. The van der Waals surface area contributed by atoms with E-state index in [4.69, 9.17) is 4.74 Å². The molecule has 0 fully saturated rings. The van der Waals surface area contributed by atoms with Crippen LogP contribution in [-0.2, 0) is 23.9 Å². The molecule has 1 aromatic carbocycles. The number of hydrogen-bond acceptors (Lipinski definition) is 6. The lowest BCUT2D eigenvalue weighted by molar-refractivity contribution is -0.141. The Kier molecular flexibility index (Phi) is 8.14. The first-order valence-corrected chi connectivity index (χ1v) is 11.6. The smallest absolute Gasteiger partial charge is 0.433 e. The van der Waals surface area contributed by atoms with Crippen LogP contribution in [0.2, 0.25) is 0 Å². The number of halogens is 3. The van der Waals surface area contributed by atoms with Gasteiger partial charge in [0.25, 0.3) is 0 Å². The first-order valence-electron chi connectivity index (χ1n) is 9.74. The highest BCUT2D eigenvalue weighted by molar-refractivity contribution is 7.99. The molecule has 3 aromatic rings. The standard InChI is InChI=1S/C22H22F3N3O2S2/c1-15(12-18-4-3-11-31-18)28(13-16-5-7-17(30-2)8-6-16)20(29)14-32-21-26-10-9-19(27-21)22(23,24)25/h3-11,15H,12-14H2,1-2H3/t15-/m0/s1. The molecule has 10 heteroatoms.